The highest BCUT2D eigenvalue weighted by atomic mass is 14.9. The SMILES string of the molecule is C1CC2(CCN1)CCC1(CCNCC1)CC2. The van der Waals surface area contributed by atoms with Crippen LogP contribution >= 0.6 is 0 Å². The summed E-state index contributed by atoms with van der Waals surface area (Å²) < 4.78 is 0. The van der Waals surface area contributed by atoms with Crippen molar-refractivity contribution in [2.75, 3.05) is 26.2 Å². The van der Waals surface area contributed by atoms with E-state index in [0.717, 1.165) is 10.8 Å². The fourth-order valence-electron chi connectivity index (χ4n) is 4.22. The number of rotatable bonds is 0. The third-order valence-electron chi connectivity index (χ3n) is 5.70. The molecule has 2 nitrogen and oxygen atoms in total. The van der Waals surface area contributed by atoms with Gasteiger partial charge in [0.25, 0.3) is 0 Å². The molecule has 0 atom stereocenters. The average Bonchev–Trinajstić information content (AvgIpc) is 2.36. The number of hydrogen-bond acceptors (Lipinski definition) is 2. The van der Waals surface area contributed by atoms with Crippen LogP contribution in [0.5, 0.6) is 0 Å². The van der Waals surface area contributed by atoms with Crippen molar-refractivity contribution < 1.29 is 0 Å². The van der Waals surface area contributed by atoms with Crippen LogP contribution in [0.15, 0.2) is 0 Å². The van der Waals surface area contributed by atoms with E-state index in [9.17, 15) is 0 Å². The minimum absolute atomic E-state index is 0.751. The average molecular weight is 222 g/mol. The Morgan fingerprint density at radius 2 is 0.750 bits per heavy atom. The highest BCUT2D eigenvalue weighted by molar-refractivity contribution is 4.96. The van der Waals surface area contributed by atoms with Gasteiger partial charge in [0.05, 0.1) is 0 Å². The summed E-state index contributed by atoms with van der Waals surface area (Å²) >= 11 is 0. The van der Waals surface area contributed by atoms with Crippen molar-refractivity contribution in [1.29, 1.82) is 0 Å². The van der Waals surface area contributed by atoms with E-state index in [1.165, 1.54) is 77.5 Å². The summed E-state index contributed by atoms with van der Waals surface area (Å²) in [6.45, 7) is 5.09. The van der Waals surface area contributed by atoms with Crippen LogP contribution in [0.3, 0.4) is 0 Å². The Hall–Kier alpha value is -0.0800. The normalized spacial score (nSPS) is 33.0. The third-order valence-corrected chi connectivity index (χ3v) is 5.70. The van der Waals surface area contributed by atoms with Gasteiger partial charge in [0.2, 0.25) is 0 Å². The van der Waals surface area contributed by atoms with Crippen molar-refractivity contribution >= 4 is 0 Å². The lowest BCUT2D eigenvalue weighted by atomic mass is 9.58. The molecule has 2 saturated heterocycles. The molecule has 1 aliphatic carbocycles. The van der Waals surface area contributed by atoms with Crippen molar-refractivity contribution in [1.82, 2.24) is 10.6 Å². The van der Waals surface area contributed by atoms with Crippen LogP contribution < -0.4 is 10.6 Å². The Bertz CT molecular complexity index is 199. The second-order valence-electron chi connectivity index (χ2n) is 6.50. The fourth-order valence-corrected chi connectivity index (χ4v) is 4.22. The standard InChI is InChI=1S/C14H26N2/c1-2-14(7-11-16-12-8-14)4-3-13(1)5-9-15-10-6-13/h15-16H,1-12H2. The van der Waals surface area contributed by atoms with Crippen molar-refractivity contribution in [3.05, 3.63) is 0 Å². The van der Waals surface area contributed by atoms with E-state index in [4.69, 9.17) is 0 Å². The number of hydrogen-bond donors (Lipinski definition) is 2. The molecule has 0 aromatic carbocycles. The van der Waals surface area contributed by atoms with Crippen molar-refractivity contribution in [3.8, 4) is 0 Å². The predicted molar refractivity (Wildman–Crippen MR) is 67.5 cm³/mol. The summed E-state index contributed by atoms with van der Waals surface area (Å²) in [7, 11) is 0. The Morgan fingerprint density at radius 3 is 1.06 bits per heavy atom. The predicted octanol–water partition coefficient (Wildman–Crippen LogP) is 2.30. The molecule has 0 aromatic rings. The second-order valence-corrected chi connectivity index (χ2v) is 6.50. The van der Waals surface area contributed by atoms with E-state index < -0.39 is 0 Å². The molecule has 16 heavy (non-hydrogen) atoms. The summed E-state index contributed by atoms with van der Waals surface area (Å²) in [5, 5.41) is 7.03. The van der Waals surface area contributed by atoms with Gasteiger partial charge < -0.3 is 10.6 Å². The minimum Gasteiger partial charge on any atom is -0.317 e. The van der Waals surface area contributed by atoms with Gasteiger partial charge in [-0.25, -0.2) is 0 Å². The van der Waals surface area contributed by atoms with E-state index >= 15 is 0 Å². The molecular formula is C14H26N2. The summed E-state index contributed by atoms with van der Waals surface area (Å²) in [6.07, 6.45) is 11.9. The molecule has 0 aromatic heterocycles. The van der Waals surface area contributed by atoms with Crippen LogP contribution in [0, 0.1) is 10.8 Å². The van der Waals surface area contributed by atoms with Gasteiger partial charge in [-0.3, -0.25) is 0 Å². The molecule has 2 heterocycles. The highest BCUT2D eigenvalue weighted by Gasteiger charge is 2.43. The molecule has 2 heteroatoms. The molecular weight excluding hydrogens is 196 g/mol. The first-order valence-corrected chi connectivity index (χ1v) is 7.24. The van der Waals surface area contributed by atoms with Gasteiger partial charge in [-0.05, 0) is 88.4 Å². The smallest absolute Gasteiger partial charge is 0.00436 e. The second kappa shape index (κ2) is 4.30. The van der Waals surface area contributed by atoms with E-state index in [-0.39, 0.29) is 0 Å². The summed E-state index contributed by atoms with van der Waals surface area (Å²) in [5.41, 5.74) is 1.50. The molecule has 3 aliphatic rings. The first-order valence-electron chi connectivity index (χ1n) is 7.24. The lowest BCUT2D eigenvalue weighted by Gasteiger charge is -2.50. The third kappa shape index (κ3) is 2.02. The maximum Gasteiger partial charge on any atom is -0.00436 e. The lowest BCUT2D eigenvalue weighted by Crippen LogP contribution is -2.45. The minimum atomic E-state index is 0.751. The maximum atomic E-state index is 3.52. The molecule has 2 aliphatic heterocycles. The summed E-state index contributed by atoms with van der Waals surface area (Å²) in [5.74, 6) is 0. The van der Waals surface area contributed by atoms with Gasteiger partial charge in [0, 0.05) is 0 Å². The van der Waals surface area contributed by atoms with Crippen molar-refractivity contribution in [3.63, 3.8) is 0 Å². The lowest BCUT2D eigenvalue weighted by molar-refractivity contribution is 0.0316. The summed E-state index contributed by atoms with van der Waals surface area (Å²) in [4.78, 5) is 0. The molecule has 0 bridgehead atoms. The molecule has 3 fully saturated rings. The molecule has 2 spiro atoms. The Balaban J connectivity index is 1.61. The van der Waals surface area contributed by atoms with E-state index in [0.29, 0.717) is 0 Å². The van der Waals surface area contributed by atoms with Gasteiger partial charge in [-0.1, -0.05) is 0 Å². The number of piperidine rings is 2. The van der Waals surface area contributed by atoms with E-state index in [1.54, 1.807) is 0 Å². The van der Waals surface area contributed by atoms with E-state index in [1.807, 2.05) is 0 Å². The quantitative estimate of drug-likeness (QED) is 0.657. The molecule has 3 rings (SSSR count). The molecule has 0 radical (unpaired) electrons. The van der Waals surface area contributed by atoms with E-state index in [2.05, 4.69) is 10.6 Å². The Labute approximate surface area is 99.6 Å². The molecule has 0 amide bonds. The summed E-state index contributed by atoms with van der Waals surface area (Å²) in [6, 6.07) is 0. The van der Waals surface area contributed by atoms with Gasteiger partial charge in [0.1, 0.15) is 0 Å². The molecule has 0 unspecified atom stereocenters. The zero-order chi connectivity index (χ0) is 10.9. The van der Waals surface area contributed by atoms with Gasteiger partial charge in [0.15, 0.2) is 0 Å². The molecule has 1 saturated carbocycles. The zero-order valence-corrected chi connectivity index (χ0v) is 10.5. The first-order chi connectivity index (χ1) is 7.83. The first kappa shape index (κ1) is 11.0. The van der Waals surface area contributed by atoms with Crippen molar-refractivity contribution in [2.24, 2.45) is 10.8 Å². The van der Waals surface area contributed by atoms with Crippen molar-refractivity contribution in [2.45, 2.75) is 51.4 Å². The maximum absolute atomic E-state index is 3.52. The molecule has 92 valence electrons. The Morgan fingerprint density at radius 1 is 0.438 bits per heavy atom. The van der Waals surface area contributed by atoms with Crippen LogP contribution in [-0.2, 0) is 0 Å². The van der Waals surface area contributed by atoms with Crippen LogP contribution in [0.1, 0.15) is 51.4 Å². The van der Waals surface area contributed by atoms with Gasteiger partial charge in [-0.2, -0.15) is 0 Å². The number of nitrogens with one attached hydrogen (secondary N) is 2. The van der Waals surface area contributed by atoms with Gasteiger partial charge in [-0.15, -0.1) is 0 Å². The largest absolute Gasteiger partial charge is 0.317 e. The highest BCUT2D eigenvalue weighted by Crippen LogP contribution is 2.52. The Kier molecular flexibility index (Phi) is 2.97. The fraction of sp³-hybridized carbons (Fsp3) is 1.00. The monoisotopic (exact) mass is 222 g/mol. The zero-order valence-electron chi connectivity index (χ0n) is 10.5. The van der Waals surface area contributed by atoms with Crippen LogP contribution in [0.25, 0.3) is 0 Å². The van der Waals surface area contributed by atoms with Crippen LogP contribution in [0.4, 0.5) is 0 Å². The van der Waals surface area contributed by atoms with Crippen LogP contribution in [-0.4, -0.2) is 26.2 Å². The van der Waals surface area contributed by atoms with Crippen LogP contribution in [0.2, 0.25) is 0 Å². The topological polar surface area (TPSA) is 24.1 Å². The molecule has 2 N–H and O–H groups in total. The van der Waals surface area contributed by atoms with Gasteiger partial charge >= 0.3 is 0 Å².